The van der Waals surface area contributed by atoms with Gasteiger partial charge in [-0.1, -0.05) is 12.2 Å². The molecule has 2 heterocycles. The van der Waals surface area contributed by atoms with Crippen LogP contribution in [0.4, 0.5) is 0 Å². The zero-order valence-electron chi connectivity index (χ0n) is 10.8. The Kier molecular flexibility index (Phi) is 3.85. The lowest BCUT2D eigenvalue weighted by Crippen LogP contribution is -2.19. The van der Waals surface area contributed by atoms with Crippen LogP contribution in [0.2, 0.25) is 0 Å². The van der Waals surface area contributed by atoms with Crippen molar-refractivity contribution in [2.75, 3.05) is 6.61 Å². The number of allylic oxidation sites excluding steroid dienone is 4. The Morgan fingerprint density at radius 3 is 2.89 bits per heavy atom. The maximum Gasteiger partial charge on any atom is 0.346 e. The fraction of sp³-hybridized carbons (Fsp3) is 0.286. The third-order valence-electron chi connectivity index (χ3n) is 2.47. The standard InChI is InChI=1S/C14H15NO4/c1-9(2)19-14(17)12-11(16)8-18-13(12)10-6-4-3-5-7-15-10/h3-7,9,15H,8H2,1-2H3. The first-order valence-corrected chi connectivity index (χ1v) is 6.01. The van der Waals surface area contributed by atoms with E-state index in [0.717, 1.165) is 0 Å². The first-order valence-electron chi connectivity index (χ1n) is 6.01. The molecule has 0 unspecified atom stereocenters. The highest BCUT2D eigenvalue weighted by Gasteiger charge is 2.34. The molecule has 0 aromatic rings. The molecule has 5 nitrogen and oxygen atoms in total. The number of esters is 1. The van der Waals surface area contributed by atoms with E-state index in [1.165, 1.54) is 0 Å². The first kappa shape index (κ1) is 13.1. The van der Waals surface area contributed by atoms with E-state index >= 15 is 0 Å². The molecule has 2 rings (SSSR count). The average Bonchev–Trinajstić information content (AvgIpc) is 2.58. The van der Waals surface area contributed by atoms with Gasteiger partial charge in [-0.2, -0.15) is 0 Å². The molecule has 0 bridgehead atoms. The minimum Gasteiger partial charge on any atom is -0.482 e. The van der Waals surface area contributed by atoms with Crippen molar-refractivity contribution in [2.45, 2.75) is 20.0 Å². The highest BCUT2D eigenvalue weighted by molar-refractivity contribution is 6.20. The Morgan fingerprint density at radius 1 is 1.37 bits per heavy atom. The molecule has 0 aliphatic carbocycles. The van der Waals surface area contributed by atoms with Crippen molar-refractivity contribution >= 4 is 11.8 Å². The molecule has 19 heavy (non-hydrogen) atoms. The van der Waals surface area contributed by atoms with Crippen LogP contribution in [0.3, 0.4) is 0 Å². The van der Waals surface area contributed by atoms with Gasteiger partial charge in [0.1, 0.15) is 0 Å². The number of hydrogen-bond acceptors (Lipinski definition) is 5. The summed E-state index contributed by atoms with van der Waals surface area (Å²) < 4.78 is 10.4. The number of Topliss-reactive ketones (excluding diaryl/α,β-unsaturated/α-hetero) is 1. The fourth-order valence-corrected chi connectivity index (χ4v) is 1.70. The van der Waals surface area contributed by atoms with E-state index in [0.29, 0.717) is 5.70 Å². The summed E-state index contributed by atoms with van der Waals surface area (Å²) in [6.45, 7) is 3.32. The number of nitrogens with one attached hydrogen (secondary N) is 1. The number of rotatable bonds is 3. The van der Waals surface area contributed by atoms with Gasteiger partial charge in [-0.3, -0.25) is 4.79 Å². The first-order chi connectivity index (χ1) is 9.09. The number of carbonyl (C=O) groups is 2. The minimum atomic E-state index is -0.646. The summed E-state index contributed by atoms with van der Waals surface area (Å²) in [4.78, 5) is 23.7. The molecule has 0 aromatic carbocycles. The van der Waals surface area contributed by atoms with E-state index in [4.69, 9.17) is 9.47 Å². The zero-order valence-corrected chi connectivity index (χ0v) is 10.8. The van der Waals surface area contributed by atoms with Crippen molar-refractivity contribution < 1.29 is 19.1 Å². The molecular weight excluding hydrogens is 246 g/mol. The van der Waals surface area contributed by atoms with Crippen LogP contribution in [0.15, 0.2) is 47.5 Å². The van der Waals surface area contributed by atoms with Crippen LogP contribution in [-0.2, 0) is 19.1 Å². The van der Waals surface area contributed by atoms with Crippen LogP contribution < -0.4 is 5.32 Å². The van der Waals surface area contributed by atoms with Crippen molar-refractivity contribution in [2.24, 2.45) is 0 Å². The van der Waals surface area contributed by atoms with Crippen LogP contribution >= 0.6 is 0 Å². The van der Waals surface area contributed by atoms with E-state index in [9.17, 15) is 9.59 Å². The molecular formula is C14H15NO4. The third kappa shape index (κ3) is 2.93. The van der Waals surface area contributed by atoms with Gasteiger partial charge in [0.15, 0.2) is 17.9 Å². The maximum atomic E-state index is 11.9. The van der Waals surface area contributed by atoms with Gasteiger partial charge in [-0.15, -0.1) is 0 Å². The van der Waals surface area contributed by atoms with E-state index in [-0.39, 0.29) is 29.8 Å². The number of hydrogen-bond donors (Lipinski definition) is 1. The molecule has 0 fully saturated rings. The van der Waals surface area contributed by atoms with Gasteiger partial charge in [0.05, 0.1) is 11.8 Å². The fourth-order valence-electron chi connectivity index (χ4n) is 1.70. The zero-order chi connectivity index (χ0) is 13.8. The quantitative estimate of drug-likeness (QED) is 0.613. The van der Waals surface area contributed by atoms with Crippen LogP contribution in [0.1, 0.15) is 13.8 Å². The molecule has 2 aliphatic heterocycles. The van der Waals surface area contributed by atoms with Crippen molar-refractivity contribution in [3.63, 3.8) is 0 Å². The Morgan fingerprint density at radius 2 is 2.16 bits per heavy atom. The summed E-state index contributed by atoms with van der Waals surface area (Å²) in [6.07, 6.45) is 8.55. The number of ketones is 1. The van der Waals surface area contributed by atoms with Crippen molar-refractivity contribution in [3.05, 3.63) is 47.5 Å². The smallest absolute Gasteiger partial charge is 0.346 e. The minimum absolute atomic E-state index is 0.0313. The van der Waals surface area contributed by atoms with Gasteiger partial charge < -0.3 is 14.8 Å². The van der Waals surface area contributed by atoms with Crippen LogP contribution in [0.25, 0.3) is 0 Å². The van der Waals surface area contributed by atoms with Crippen LogP contribution in [-0.4, -0.2) is 24.5 Å². The summed E-state index contributed by atoms with van der Waals surface area (Å²) in [5.41, 5.74) is 0.530. The summed E-state index contributed by atoms with van der Waals surface area (Å²) in [5, 5.41) is 2.96. The highest BCUT2D eigenvalue weighted by Crippen LogP contribution is 2.24. The monoisotopic (exact) mass is 261 g/mol. The summed E-state index contributed by atoms with van der Waals surface area (Å²) >= 11 is 0. The summed E-state index contributed by atoms with van der Waals surface area (Å²) in [7, 11) is 0. The molecule has 100 valence electrons. The van der Waals surface area contributed by atoms with E-state index < -0.39 is 5.97 Å². The average molecular weight is 261 g/mol. The van der Waals surface area contributed by atoms with Crippen LogP contribution in [0, 0.1) is 0 Å². The molecule has 0 aromatic heterocycles. The normalized spacial score (nSPS) is 18.1. The predicted octanol–water partition coefficient (Wildman–Crippen LogP) is 1.35. The number of carbonyl (C=O) groups excluding carboxylic acids is 2. The molecule has 0 atom stereocenters. The van der Waals surface area contributed by atoms with E-state index in [2.05, 4.69) is 5.32 Å². The lowest BCUT2D eigenvalue weighted by molar-refractivity contribution is -0.143. The Balaban J connectivity index is 2.34. The van der Waals surface area contributed by atoms with Gasteiger partial charge in [0.2, 0.25) is 5.78 Å². The highest BCUT2D eigenvalue weighted by atomic mass is 16.5. The van der Waals surface area contributed by atoms with Crippen molar-refractivity contribution in [3.8, 4) is 0 Å². The number of ether oxygens (including phenoxy) is 2. The molecule has 0 amide bonds. The molecule has 5 heteroatoms. The van der Waals surface area contributed by atoms with Gasteiger partial charge in [0, 0.05) is 6.20 Å². The van der Waals surface area contributed by atoms with Gasteiger partial charge in [0.25, 0.3) is 0 Å². The Bertz CT molecular complexity index is 524. The molecule has 2 aliphatic rings. The van der Waals surface area contributed by atoms with Gasteiger partial charge >= 0.3 is 5.97 Å². The molecule has 0 saturated heterocycles. The largest absolute Gasteiger partial charge is 0.482 e. The van der Waals surface area contributed by atoms with Gasteiger partial charge in [-0.25, -0.2) is 4.79 Å². The topological polar surface area (TPSA) is 64.6 Å². The third-order valence-corrected chi connectivity index (χ3v) is 2.47. The lowest BCUT2D eigenvalue weighted by Gasteiger charge is -2.10. The SMILES string of the molecule is CC(C)OC(=O)C1=C(C2=CC=CC=CN2)OCC1=O. The molecule has 0 saturated carbocycles. The second-order valence-electron chi connectivity index (χ2n) is 4.34. The predicted molar refractivity (Wildman–Crippen MR) is 68.7 cm³/mol. The molecule has 0 spiro atoms. The van der Waals surface area contributed by atoms with Gasteiger partial charge in [-0.05, 0) is 26.0 Å². The van der Waals surface area contributed by atoms with Crippen LogP contribution in [0.5, 0.6) is 0 Å². The second kappa shape index (κ2) is 5.56. The van der Waals surface area contributed by atoms with Crippen molar-refractivity contribution in [1.82, 2.24) is 5.32 Å². The van der Waals surface area contributed by atoms with Crippen molar-refractivity contribution in [1.29, 1.82) is 0 Å². The molecule has 1 N–H and O–H groups in total. The summed E-state index contributed by atoms with van der Waals surface area (Å²) in [5.74, 6) is -0.764. The molecule has 0 radical (unpaired) electrons. The lowest BCUT2D eigenvalue weighted by atomic mass is 10.1. The Hall–Kier alpha value is -2.30. The van der Waals surface area contributed by atoms with E-state index in [1.807, 2.05) is 6.08 Å². The second-order valence-corrected chi connectivity index (χ2v) is 4.34. The summed E-state index contributed by atoms with van der Waals surface area (Å²) in [6, 6.07) is 0. The Labute approximate surface area is 111 Å². The maximum absolute atomic E-state index is 11.9. The van der Waals surface area contributed by atoms with E-state index in [1.54, 1.807) is 38.3 Å².